The van der Waals surface area contributed by atoms with Gasteiger partial charge in [-0.3, -0.25) is 25.0 Å². The highest BCUT2D eigenvalue weighted by Crippen LogP contribution is 2.40. The summed E-state index contributed by atoms with van der Waals surface area (Å²) in [5.41, 5.74) is 4.46. The summed E-state index contributed by atoms with van der Waals surface area (Å²) in [6.45, 7) is 30.9. The summed E-state index contributed by atoms with van der Waals surface area (Å²) in [6, 6.07) is 11.0. The number of anilines is 3. The van der Waals surface area contributed by atoms with Crippen LogP contribution in [-0.4, -0.2) is 153 Å². The normalized spacial score (nSPS) is 15.1. The van der Waals surface area contributed by atoms with Gasteiger partial charge in [0.2, 0.25) is 5.91 Å². The molecule has 0 spiro atoms. The Bertz CT molecular complexity index is 2810. The lowest BCUT2D eigenvalue weighted by molar-refractivity contribution is -0.146. The Hall–Kier alpha value is -7.50. The van der Waals surface area contributed by atoms with Crippen LogP contribution in [0.25, 0.3) is 0 Å². The van der Waals surface area contributed by atoms with Gasteiger partial charge in [0, 0.05) is 37.0 Å². The van der Waals surface area contributed by atoms with Gasteiger partial charge in [0.15, 0.2) is 19.8 Å². The van der Waals surface area contributed by atoms with Gasteiger partial charge in [-0.1, -0.05) is 77.3 Å². The van der Waals surface area contributed by atoms with Crippen molar-refractivity contribution in [3.8, 4) is 17.2 Å². The maximum Gasteiger partial charge on any atom is 0.411 e. The van der Waals surface area contributed by atoms with Gasteiger partial charge in [-0.2, -0.15) is 0 Å². The van der Waals surface area contributed by atoms with Crippen LogP contribution in [0.3, 0.4) is 0 Å². The number of hydrogen-bond acceptors (Lipinski definition) is 16. The van der Waals surface area contributed by atoms with Crippen molar-refractivity contribution in [1.29, 1.82) is 0 Å². The van der Waals surface area contributed by atoms with Crippen LogP contribution in [0.15, 0.2) is 92.1 Å². The Morgan fingerprint density at radius 3 is 1.72 bits per heavy atom. The lowest BCUT2D eigenvalue weighted by atomic mass is 10.1. The van der Waals surface area contributed by atoms with Gasteiger partial charge in [0.25, 0.3) is 11.8 Å². The van der Waals surface area contributed by atoms with Crippen LogP contribution in [0, 0.1) is 6.92 Å². The summed E-state index contributed by atoms with van der Waals surface area (Å²) in [7, 11) is 0.523. The molecule has 0 aliphatic carbocycles. The molecule has 0 unspecified atom stereocenters. The van der Waals surface area contributed by atoms with Gasteiger partial charge in [0.05, 0.1) is 75.8 Å². The smallest absolute Gasteiger partial charge is 0.411 e. The number of carbonyl (C=O) groups excluding carboxylic acids is 6. The zero-order chi connectivity index (χ0) is 60.1. The summed E-state index contributed by atoms with van der Waals surface area (Å²) in [5, 5.41) is 8.25. The molecular formula is C60H81N5O16Si. The molecule has 2 aliphatic heterocycles. The van der Waals surface area contributed by atoms with E-state index >= 15 is 0 Å². The van der Waals surface area contributed by atoms with E-state index in [1.807, 2.05) is 6.92 Å². The first-order valence-electron chi connectivity index (χ1n) is 27.0. The molecule has 2 fully saturated rings. The van der Waals surface area contributed by atoms with Crippen molar-refractivity contribution in [2.24, 2.45) is 0 Å². The Balaban J connectivity index is 1.44. The van der Waals surface area contributed by atoms with Crippen molar-refractivity contribution < 1.29 is 75.8 Å². The van der Waals surface area contributed by atoms with Gasteiger partial charge >= 0.3 is 18.2 Å². The molecule has 0 saturated carbocycles. The molecule has 0 radical (unpaired) electrons. The lowest BCUT2D eigenvalue weighted by Crippen LogP contribution is -2.46. The standard InChI is InChI=1S/C60H81N5O16Si/c1-14-17-77-58(70)62-49-30-51(41(6)25-47(49)56(68)65-33-40(5)24-46(65)36-81-82(12,13)60(7,8)9)79-34-42-26-43(28-44(27-42)61-54(66)37-75-21-19-74-20-22-76-38-55(67)73-11)35-80-53-31-50(63-59(71)78-18-15-2)48(29-52(53)72-10)57(69)64-32-39(4)23-45(64)16-3/h14-15,25-31,45-46H,1-2,4-5,16-24,32-38H2,3,6-13H3,(H,61,66)(H,62,70)(H,63,71)/t45-,46+/m1/s1. The number of rotatable bonds is 30. The van der Waals surface area contributed by atoms with Crippen LogP contribution in [0.4, 0.5) is 26.7 Å². The Kier molecular flexibility index (Phi) is 24.7. The molecule has 2 atom stereocenters. The summed E-state index contributed by atoms with van der Waals surface area (Å²) in [6.07, 6.45) is 3.13. The van der Waals surface area contributed by atoms with Crippen molar-refractivity contribution in [2.75, 3.05) is 103 Å². The molecule has 0 aromatic heterocycles. The van der Waals surface area contributed by atoms with Crippen molar-refractivity contribution in [3.05, 3.63) is 120 Å². The number of amides is 5. The quantitative estimate of drug-likeness (QED) is 0.0185. The second-order valence-electron chi connectivity index (χ2n) is 21.3. The molecule has 5 rings (SSSR count). The molecule has 2 saturated heterocycles. The molecule has 22 heteroatoms. The third-order valence-electron chi connectivity index (χ3n) is 13.9. The highest BCUT2D eigenvalue weighted by molar-refractivity contribution is 6.74. The highest BCUT2D eigenvalue weighted by Gasteiger charge is 2.40. The van der Waals surface area contributed by atoms with Crippen LogP contribution in [-0.2, 0) is 55.7 Å². The molecule has 5 amide bonds. The molecule has 3 N–H and O–H groups in total. The van der Waals surface area contributed by atoms with Crippen LogP contribution >= 0.6 is 0 Å². The molecular weight excluding hydrogens is 1070 g/mol. The fourth-order valence-corrected chi connectivity index (χ4v) is 9.65. The minimum absolute atomic E-state index is 0.0440. The van der Waals surface area contributed by atoms with Crippen LogP contribution < -0.4 is 30.2 Å². The van der Waals surface area contributed by atoms with Gasteiger partial charge in [-0.15, -0.1) is 0 Å². The maximum atomic E-state index is 14.6. The van der Waals surface area contributed by atoms with Crippen molar-refractivity contribution in [2.45, 2.75) is 97.3 Å². The maximum absolute atomic E-state index is 14.6. The number of esters is 1. The lowest BCUT2D eigenvalue weighted by Gasteiger charge is -2.38. The molecule has 3 aromatic rings. The van der Waals surface area contributed by atoms with Gasteiger partial charge in [-0.25, -0.2) is 14.4 Å². The minimum Gasteiger partial charge on any atom is -0.493 e. The second kappa shape index (κ2) is 31.1. The number of ether oxygens (including phenoxy) is 9. The number of carbonyl (C=O) groups is 6. The third-order valence-corrected chi connectivity index (χ3v) is 18.4. The van der Waals surface area contributed by atoms with E-state index in [-0.39, 0.29) is 129 Å². The van der Waals surface area contributed by atoms with Crippen molar-refractivity contribution in [1.82, 2.24) is 9.80 Å². The first-order chi connectivity index (χ1) is 39.0. The van der Waals surface area contributed by atoms with Crippen molar-refractivity contribution in [3.63, 3.8) is 0 Å². The zero-order valence-electron chi connectivity index (χ0n) is 48.9. The third kappa shape index (κ3) is 19.0. The molecule has 2 aliphatic rings. The predicted molar refractivity (Wildman–Crippen MR) is 313 cm³/mol. The summed E-state index contributed by atoms with van der Waals surface area (Å²) in [5.74, 6) is -0.977. The fourth-order valence-electron chi connectivity index (χ4n) is 8.61. The van der Waals surface area contributed by atoms with E-state index in [0.717, 1.165) is 11.1 Å². The molecule has 0 bridgehead atoms. The minimum atomic E-state index is -2.17. The summed E-state index contributed by atoms with van der Waals surface area (Å²) < 4.78 is 56.5. The van der Waals surface area contributed by atoms with Gasteiger partial charge < -0.3 is 62.2 Å². The van der Waals surface area contributed by atoms with E-state index in [1.54, 1.807) is 47.1 Å². The molecule has 3 aromatic carbocycles. The summed E-state index contributed by atoms with van der Waals surface area (Å²) in [4.78, 5) is 83.0. The van der Waals surface area contributed by atoms with Crippen LogP contribution in [0.5, 0.6) is 17.2 Å². The molecule has 21 nitrogen and oxygen atoms in total. The number of hydrogen-bond donors (Lipinski definition) is 3. The van der Waals surface area contributed by atoms with E-state index in [4.69, 9.17) is 42.3 Å². The number of nitrogens with one attached hydrogen (secondary N) is 3. The van der Waals surface area contributed by atoms with Crippen molar-refractivity contribution >= 4 is 61.3 Å². The van der Waals surface area contributed by atoms with Crippen LogP contribution in [0.2, 0.25) is 18.1 Å². The SMILES string of the molecule is C=CCOC(=O)Nc1cc(OCc2cc(COc3cc(NC(=O)OCC=C)c(C(=O)N4CC(=C)C[C@H]4CO[Si](C)(C)C(C)(C)C)cc3C)cc(NC(=O)COCCOCCOCC(=O)OC)c2)c(OC)cc1C(=O)N1CC(=C)C[C@H]1CC. The number of aryl methyl sites for hydroxylation is 1. The van der Waals surface area contributed by atoms with E-state index in [9.17, 15) is 28.8 Å². The first-order valence-corrected chi connectivity index (χ1v) is 29.9. The second-order valence-corrected chi connectivity index (χ2v) is 26.1. The van der Waals surface area contributed by atoms with Gasteiger partial charge in [-0.05, 0) is 91.3 Å². The molecule has 446 valence electrons. The topological polar surface area (TPSA) is 237 Å². The predicted octanol–water partition coefficient (Wildman–Crippen LogP) is 9.77. The zero-order valence-corrected chi connectivity index (χ0v) is 49.9. The number of likely N-dealkylation sites (tertiary alicyclic amines) is 2. The number of methoxy groups -OCH3 is 2. The Morgan fingerprint density at radius 2 is 1.18 bits per heavy atom. The van der Waals surface area contributed by atoms with E-state index in [0.29, 0.717) is 67.1 Å². The monoisotopic (exact) mass is 1160 g/mol. The Morgan fingerprint density at radius 1 is 0.671 bits per heavy atom. The average molecular weight is 1160 g/mol. The van der Waals surface area contributed by atoms with Crippen LogP contribution in [0.1, 0.15) is 84.4 Å². The molecule has 82 heavy (non-hydrogen) atoms. The number of benzene rings is 3. The highest BCUT2D eigenvalue weighted by atomic mass is 28.4. The fraction of sp³-hybridized carbons (Fsp3) is 0.467. The molecule has 2 heterocycles. The number of nitrogens with zero attached hydrogens (tertiary/aromatic N) is 2. The van der Waals surface area contributed by atoms with E-state index < -0.39 is 32.4 Å². The Labute approximate surface area is 482 Å². The first kappa shape index (κ1) is 65.3. The van der Waals surface area contributed by atoms with Gasteiger partial charge in [0.1, 0.15) is 45.4 Å². The van der Waals surface area contributed by atoms with E-state index in [1.165, 1.54) is 38.5 Å². The van der Waals surface area contributed by atoms with E-state index in [2.05, 4.69) is 80.9 Å². The average Bonchev–Trinajstić information content (AvgIpc) is 4.10. The largest absolute Gasteiger partial charge is 0.493 e. The summed E-state index contributed by atoms with van der Waals surface area (Å²) >= 11 is 0.